The molecule has 13 nitrogen and oxygen atoms in total. The second-order valence-corrected chi connectivity index (χ2v) is 9.63. The van der Waals surface area contributed by atoms with Gasteiger partial charge in [-0.1, -0.05) is 0 Å². The molecule has 2 fully saturated rings. The first kappa shape index (κ1) is 26.0. The van der Waals surface area contributed by atoms with Crippen LogP contribution in [0.25, 0.3) is 0 Å². The predicted octanol–water partition coefficient (Wildman–Crippen LogP) is 0.802. The Morgan fingerprint density at radius 1 is 1.27 bits per heavy atom. The van der Waals surface area contributed by atoms with Crippen LogP contribution in [-0.2, 0) is 37.1 Å². The lowest BCUT2D eigenvalue weighted by molar-refractivity contribution is -0.215. The Kier molecular flexibility index (Phi) is 8.85. The third kappa shape index (κ3) is 6.73. The van der Waals surface area contributed by atoms with Crippen molar-refractivity contribution in [2.45, 2.75) is 63.4 Å². The van der Waals surface area contributed by atoms with Gasteiger partial charge in [0.15, 0.2) is 12.0 Å². The summed E-state index contributed by atoms with van der Waals surface area (Å²) < 4.78 is 52.2. The lowest BCUT2D eigenvalue weighted by Gasteiger charge is -2.34. The number of nitrogens with two attached hydrogens (primary N) is 1. The number of nitrogens with zero attached hydrogens (tertiary/aromatic N) is 3. The first-order chi connectivity index (χ1) is 15.7. The molecule has 0 spiro atoms. The van der Waals surface area contributed by atoms with Gasteiger partial charge in [0, 0.05) is 19.9 Å². The predicted molar refractivity (Wildman–Crippen MR) is 113 cm³/mol. The van der Waals surface area contributed by atoms with Crippen LogP contribution in [0.1, 0.15) is 26.7 Å². The third-order valence-electron chi connectivity index (χ3n) is 4.97. The van der Waals surface area contributed by atoms with Gasteiger partial charge in [-0.25, -0.2) is 9.56 Å². The number of ether oxygens (including phenoxy) is 4. The fourth-order valence-corrected chi connectivity index (χ4v) is 4.81. The molecule has 0 aromatic heterocycles. The number of aliphatic hydroxyl groups is 1. The molecule has 0 saturated carbocycles. The zero-order chi connectivity index (χ0) is 24.1. The van der Waals surface area contributed by atoms with Gasteiger partial charge in [-0.2, -0.15) is 5.26 Å². The van der Waals surface area contributed by atoms with Crippen LogP contribution in [0.5, 0.6) is 0 Å². The van der Waals surface area contributed by atoms with Gasteiger partial charge in [-0.3, -0.25) is 13.6 Å². The summed E-state index contributed by atoms with van der Waals surface area (Å²) in [6, 6.07) is 1.91. The molecule has 33 heavy (non-hydrogen) atoms. The molecule has 0 aromatic rings. The first-order valence-corrected chi connectivity index (χ1v) is 12.0. The Morgan fingerprint density at radius 3 is 2.70 bits per heavy atom. The Balaban J connectivity index is 1.68. The molecule has 6 atom stereocenters. The van der Waals surface area contributed by atoms with Crippen molar-refractivity contribution in [2.24, 2.45) is 10.7 Å². The summed E-state index contributed by atoms with van der Waals surface area (Å²) in [4.78, 5) is 5.37. The van der Waals surface area contributed by atoms with Crippen LogP contribution in [0.15, 0.2) is 17.3 Å². The van der Waals surface area contributed by atoms with E-state index in [2.05, 4.69) is 4.99 Å². The van der Waals surface area contributed by atoms with Crippen LogP contribution in [0.2, 0.25) is 0 Å². The molecule has 186 valence electrons. The standard InChI is InChI=1S/C19H31N4O9P/c1-19(2)31-15-13(12-29-33(25,27-10-4-7-20)28-11-5-9-26-3)30-17(16(15)32-19)23-8-6-14(21)22-18(23)24/h6,8,13,15-18,24H,4-5,9-12H2,1-3H3,(H2,21,22)/t13-,15?,16?,17-,18?,33?/m1/s1. The van der Waals surface area contributed by atoms with Crippen molar-refractivity contribution in [2.75, 3.05) is 33.5 Å². The number of amidine groups is 1. The second-order valence-electron chi connectivity index (χ2n) is 7.96. The summed E-state index contributed by atoms with van der Waals surface area (Å²) in [5.41, 5.74) is 5.64. The number of hydrogen-bond donors (Lipinski definition) is 2. The van der Waals surface area contributed by atoms with Crippen molar-refractivity contribution in [3.05, 3.63) is 12.3 Å². The number of fused-ring (bicyclic) bond motifs is 1. The summed E-state index contributed by atoms with van der Waals surface area (Å²) in [6.45, 7) is 3.68. The monoisotopic (exact) mass is 490 g/mol. The summed E-state index contributed by atoms with van der Waals surface area (Å²) in [7, 11) is -2.44. The minimum absolute atomic E-state index is 0.0233. The van der Waals surface area contributed by atoms with E-state index in [4.69, 9.17) is 43.5 Å². The number of phosphoric acid groups is 1. The summed E-state index contributed by atoms with van der Waals surface area (Å²) in [5.74, 6) is -0.732. The molecule has 0 bridgehead atoms. The Morgan fingerprint density at radius 2 is 2.00 bits per heavy atom. The van der Waals surface area contributed by atoms with Gasteiger partial charge >= 0.3 is 7.82 Å². The fraction of sp³-hybridized carbons (Fsp3) is 0.789. The van der Waals surface area contributed by atoms with E-state index in [-0.39, 0.29) is 32.1 Å². The molecule has 3 rings (SSSR count). The smallest absolute Gasteiger partial charge is 0.385 e. The summed E-state index contributed by atoms with van der Waals surface area (Å²) >= 11 is 0. The number of hydrogen-bond acceptors (Lipinski definition) is 13. The SMILES string of the molecule is COCCCOP(=O)(OCCC#N)OC[C@H]1O[C@@H](N2C=CC(N)=NC2O)C2OC(C)(C)OC21. The zero-order valence-electron chi connectivity index (χ0n) is 18.9. The van der Waals surface area contributed by atoms with E-state index in [0.29, 0.717) is 13.0 Å². The fourth-order valence-electron chi connectivity index (χ4n) is 3.59. The molecule has 0 aromatic carbocycles. The van der Waals surface area contributed by atoms with E-state index in [9.17, 15) is 9.67 Å². The molecule has 0 amide bonds. The van der Waals surface area contributed by atoms with E-state index >= 15 is 0 Å². The highest BCUT2D eigenvalue weighted by Gasteiger charge is 2.57. The number of aliphatic imine (C=N–C) groups is 1. The van der Waals surface area contributed by atoms with Gasteiger partial charge in [0.2, 0.25) is 6.35 Å². The minimum Gasteiger partial charge on any atom is -0.385 e. The van der Waals surface area contributed by atoms with Crippen molar-refractivity contribution in [1.29, 1.82) is 5.26 Å². The van der Waals surface area contributed by atoms with Gasteiger partial charge in [0.25, 0.3) is 0 Å². The Hall–Kier alpha value is -1.59. The van der Waals surface area contributed by atoms with Crippen molar-refractivity contribution in [1.82, 2.24) is 4.90 Å². The van der Waals surface area contributed by atoms with Crippen LogP contribution >= 0.6 is 7.82 Å². The third-order valence-corrected chi connectivity index (χ3v) is 6.43. The van der Waals surface area contributed by atoms with E-state index in [1.165, 1.54) is 11.0 Å². The van der Waals surface area contributed by atoms with Gasteiger partial charge < -0.3 is 34.7 Å². The average Bonchev–Trinajstić information content (AvgIpc) is 3.23. The highest BCUT2D eigenvalue weighted by molar-refractivity contribution is 7.48. The molecule has 3 aliphatic heterocycles. The maximum absolute atomic E-state index is 13.1. The van der Waals surface area contributed by atoms with Gasteiger partial charge in [0.1, 0.15) is 24.1 Å². The number of aliphatic hydroxyl groups excluding tert-OH is 1. The molecular weight excluding hydrogens is 459 g/mol. The van der Waals surface area contributed by atoms with Crippen molar-refractivity contribution < 1.29 is 42.2 Å². The summed E-state index contributed by atoms with van der Waals surface area (Å²) in [6.07, 6.45) is -0.351. The first-order valence-electron chi connectivity index (χ1n) is 10.6. The largest absolute Gasteiger partial charge is 0.474 e. The quantitative estimate of drug-likeness (QED) is 0.292. The highest BCUT2D eigenvalue weighted by atomic mass is 31.2. The molecule has 0 radical (unpaired) electrons. The number of methoxy groups -OCH3 is 1. The number of rotatable bonds is 12. The van der Waals surface area contributed by atoms with E-state index in [1.54, 1.807) is 27.2 Å². The molecule has 4 unspecified atom stereocenters. The maximum atomic E-state index is 13.1. The number of phosphoric ester groups is 1. The van der Waals surface area contributed by atoms with Gasteiger partial charge in [-0.05, 0) is 26.3 Å². The van der Waals surface area contributed by atoms with Gasteiger partial charge in [0.05, 0.1) is 32.3 Å². The second kappa shape index (κ2) is 11.2. The lowest BCUT2D eigenvalue weighted by atomic mass is 10.1. The number of nitriles is 1. The van der Waals surface area contributed by atoms with Crippen molar-refractivity contribution in [3.63, 3.8) is 0 Å². The molecule has 3 N–H and O–H groups in total. The molecule has 2 saturated heterocycles. The lowest BCUT2D eigenvalue weighted by Crippen LogP contribution is -2.47. The van der Waals surface area contributed by atoms with Crippen LogP contribution in [0, 0.1) is 11.3 Å². The van der Waals surface area contributed by atoms with Crippen molar-refractivity contribution >= 4 is 13.7 Å². The van der Waals surface area contributed by atoms with E-state index < -0.39 is 44.5 Å². The average molecular weight is 490 g/mol. The topological polar surface area (TPSA) is 167 Å². The van der Waals surface area contributed by atoms with Crippen LogP contribution < -0.4 is 5.73 Å². The molecule has 3 aliphatic rings. The highest BCUT2D eigenvalue weighted by Crippen LogP contribution is 2.51. The van der Waals surface area contributed by atoms with E-state index in [0.717, 1.165) is 0 Å². The summed E-state index contributed by atoms with van der Waals surface area (Å²) in [5, 5.41) is 19.1. The van der Waals surface area contributed by atoms with Crippen LogP contribution in [-0.4, -0.2) is 86.1 Å². The minimum atomic E-state index is -3.98. The molecule has 0 aliphatic carbocycles. The van der Waals surface area contributed by atoms with Crippen LogP contribution in [0.4, 0.5) is 0 Å². The molecular formula is C19H31N4O9P. The van der Waals surface area contributed by atoms with E-state index in [1.807, 2.05) is 6.07 Å². The molecule has 14 heteroatoms. The Bertz CT molecular complexity index is 818. The normalized spacial score (nSPS) is 32.3. The maximum Gasteiger partial charge on any atom is 0.474 e. The van der Waals surface area contributed by atoms with Gasteiger partial charge in [-0.15, -0.1) is 0 Å². The van der Waals surface area contributed by atoms with Crippen LogP contribution in [0.3, 0.4) is 0 Å². The van der Waals surface area contributed by atoms with Crippen molar-refractivity contribution in [3.8, 4) is 6.07 Å². The molecule has 3 heterocycles. The Labute approximate surface area is 192 Å². The zero-order valence-corrected chi connectivity index (χ0v) is 19.8.